The number of carbonyl (C=O) groups excluding carboxylic acids is 2. The molecule has 0 unspecified atom stereocenters. The zero-order valence-corrected chi connectivity index (χ0v) is 10.3. The van der Waals surface area contributed by atoms with Crippen LogP contribution < -0.4 is 11.5 Å². The van der Waals surface area contributed by atoms with Gasteiger partial charge in [0.1, 0.15) is 6.04 Å². The fraction of sp³-hybridized carbons (Fsp3) is 0.727. The number of aliphatic carboxylic acids is 1. The van der Waals surface area contributed by atoms with Crippen LogP contribution in [0.25, 0.3) is 0 Å². The summed E-state index contributed by atoms with van der Waals surface area (Å²) in [5.74, 6) is -2.50. The highest BCUT2D eigenvalue weighted by Gasteiger charge is 2.18. The maximum atomic E-state index is 11.3. The van der Waals surface area contributed by atoms with Gasteiger partial charge in [0.15, 0.2) is 0 Å². The molecule has 0 heterocycles. The van der Waals surface area contributed by atoms with Gasteiger partial charge >= 0.3 is 17.9 Å². The third-order valence-corrected chi connectivity index (χ3v) is 2.26. The van der Waals surface area contributed by atoms with E-state index in [9.17, 15) is 14.4 Å². The SMILES string of the molecule is NCCCC[C@H](N)C(=O)OC(=O)CCCC(=O)O. The van der Waals surface area contributed by atoms with E-state index >= 15 is 0 Å². The number of carboxylic acid groups (broad SMARTS) is 1. The number of esters is 2. The molecule has 0 saturated carbocycles. The van der Waals surface area contributed by atoms with E-state index in [2.05, 4.69) is 4.74 Å². The second-order valence-corrected chi connectivity index (χ2v) is 3.93. The third-order valence-electron chi connectivity index (χ3n) is 2.26. The van der Waals surface area contributed by atoms with Crippen LogP contribution in [0.3, 0.4) is 0 Å². The maximum Gasteiger partial charge on any atom is 0.330 e. The number of nitrogens with two attached hydrogens (primary N) is 2. The topological polar surface area (TPSA) is 133 Å². The zero-order chi connectivity index (χ0) is 14.0. The lowest BCUT2D eigenvalue weighted by molar-refractivity contribution is -0.160. The monoisotopic (exact) mass is 260 g/mol. The van der Waals surface area contributed by atoms with Gasteiger partial charge in [0.05, 0.1) is 0 Å². The Hall–Kier alpha value is -1.47. The summed E-state index contributed by atoms with van der Waals surface area (Å²) in [5.41, 5.74) is 10.8. The van der Waals surface area contributed by atoms with Crippen molar-refractivity contribution in [3.63, 3.8) is 0 Å². The molecule has 104 valence electrons. The molecule has 0 saturated heterocycles. The van der Waals surface area contributed by atoms with Crippen molar-refractivity contribution in [3.05, 3.63) is 0 Å². The minimum absolute atomic E-state index is 0.104. The number of carboxylic acids is 1. The van der Waals surface area contributed by atoms with Crippen LogP contribution in [0.1, 0.15) is 38.5 Å². The summed E-state index contributed by atoms with van der Waals surface area (Å²) in [7, 11) is 0. The minimum atomic E-state index is -0.993. The van der Waals surface area contributed by atoms with Crippen molar-refractivity contribution in [1.29, 1.82) is 0 Å². The summed E-state index contributed by atoms with van der Waals surface area (Å²) in [4.78, 5) is 32.7. The summed E-state index contributed by atoms with van der Waals surface area (Å²) in [5, 5.41) is 8.37. The molecule has 0 radical (unpaired) electrons. The molecular formula is C11H20N2O5. The average molecular weight is 260 g/mol. The van der Waals surface area contributed by atoms with Crippen molar-refractivity contribution >= 4 is 17.9 Å². The molecule has 0 rings (SSSR count). The molecule has 0 aromatic heterocycles. The van der Waals surface area contributed by atoms with Gasteiger partial charge in [-0.3, -0.25) is 9.59 Å². The van der Waals surface area contributed by atoms with E-state index in [4.69, 9.17) is 16.6 Å². The van der Waals surface area contributed by atoms with Crippen molar-refractivity contribution in [2.24, 2.45) is 11.5 Å². The second-order valence-electron chi connectivity index (χ2n) is 3.93. The van der Waals surface area contributed by atoms with Gasteiger partial charge in [-0.15, -0.1) is 0 Å². The Morgan fingerprint density at radius 1 is 1.11 bits per heavy atom. The van der Waals surface area contributed by atoms with E-state index in [0.717, 1.165) is 6.42 Å². The Bertz CT molecular complexity index is 293. The molecule has 0 bridgehead atoms. The summed E-state index contributed by atoms with van der Waals surface area (Å²) in [6.45, 7) is 0.524. The standard InChI is InChI=1S/C11H20N2O5/c12-7-2-1-4-8(13)11(17)18-10(16)6-3-5-9(14)15/h8H,1-7,12-13H2,(H,14,15)/t8-/m0/s1. The first kappa shape index (κ1) is 16.5. The van der Waals surface area contributed by atoms with Crippen molar-refractivity contribution < 1.29 is 24.2 Å². The molecule has 0 spiro atoms. The molecule has 0 aliphatic heterocycles. The quantitative estimate of drug-likeness (QED) is 0.296. The Balaban J connectivity index is 3.77. The lowest BCUT2D eigenvalue weighted by Gasteiger charge is -2.09. The zero-order valence-electron chi connectivity index (χ0n) is 10.3. The van der Waals surface area contributed by atoms with Crippen LogP contribution in [0, 0.1) is 0 Å². The third kappa shape index (κ3) is 8.66. The van der Waals surface area contributed by atoms with Gasteiger partial charge in [0.2, 0.25) is 0 Å². The van der Waals surface area contributed by atoms with Crippen LogP contribution in [0.2, 0.25) is 0 Å². The van der Waals surface area contributed by atoms with Gasteiger partial charge in [-0.2, -0.15) is 0 Å². The van der Waals surface area contributed by atoms with Crippen LogP contribution in [-0.2, 0) is 19.1 Å². The number of ether oxygens (including phenoxy) is 1. The summed E-state index contributed by atoms with van der Waals surface area (Å²) < 4.78 is 4.50. The molecule has 1 atom stereocenters. The number of hydrogen-bond acceptors (Lipinski definition) is 6. The molecule has 0 aromatic rings. The molecule has 0 fully saturated rings. The van der Waals surface area contributed by atoms with Gasteiger partial charge in [0.25, 0.3) is 0 Å². The van der Waals surface area contributed by atoms with Crippen molar-refractivity contribution in [2.45, 2.75) is 44.6 Å². The van der Waals surface area contributed by atoms with E-state index in [1.807, 2.05) is 0 Å². The second kappa shape index (κ2) is 9.55. The maximum absolute atomic E-state index is 11.3. The van der Waals surface area contributed by atoms with Crippen LogP contribution in [0.15, 0.2) is 0 Å². The van der Waals surface area contributed by atoms with E-state index in [1.54, 1.807) is 0 Å². The highest BCUT2D eigenvalue weighted by Crippen LogP contribution is 2.03. The molecular weight excluding hydrogens is 240 g/mol. The van der Waals surface area contributed by atoms with Gasteiger partial charge in [-0.1, -0.05) is 6.42 Å². The van der Waals surface area contributed by atoms with Crippen LogP contribution in [0.5, 0.6) is 0 Å². The Labute approximate surface area is 105 Å². The highest BCUT2D eigenvalue weighted by molar-refractivity contribution is 5.88. The fourth-order valence-electron chi connectivity index (χ4n) is 1.25. The lowest BCUT2D eigenvalue weighted by Crippen LogP contribution is -2.33. The predicted molar refractivity (Wildman–Crippen MR) is 63.5 cm³/mol. The largest absolute Gasteiger partial charge is 0.481 e. The van der Waals surface area contributed by atoms with Crippen LogP contribution >= 0.6 is 0 Å². The van der Waals surface area contributed by atoms with Gasteiger partial charge in [-0.05, 0) is 25.8 Å². The molecule has 0 aliphatic carbocycles. The normalized spacial score (nSPS) is 11.9. The van der Waals surface area contributed by atoms with E-state index in [1.165, 1.54) is 0 Å². The molecule has 0 aliphatic rings. The number of hydrogen-bond donors (Lipinski definition) is 3. The molecule has 7 nitrogen and oxygen atoms in total. The smallest absolute Gasteiger partial charge is 0.330 e. The number of unbranched alkanes of at least 4 members (excludes halogenated alkanes) is 1. The first-order valence-corrected chi connectivity index (χ1v) is 5.89. The summed E-state index contributed by atoms with van der Waals surface area (Å²) in [6.07, 6.45) is 1.77. The van der Waals surface area contributed by atoms with E-state index in [-0.39, 0.29) is 19.3 Å². The van der Waals surface area contributed by atoms with E-state index in [0.29, 0.717) is 19.4 Å². The first-order valence-electron chi connectivity index (χ1n) is 5.89. The number of carbonyl (C=O) groups is 3. The number of rotatable bonds is 9. The molecule has 0 amide bonds. The minimum Gasteiger partial charge on any atom is -0.481 e. The Morgan fingerprint density at radius 3 is 2.33 bits per heavy atom. The van der Waals surface area contributed by atoms with Gasteiger partial charge < -0.3 is 21.3 Å². The Morgan fingerprint density at radius 2 is 1.78 bits per heavy atom. The van der Waals surface area contributed by atoms with Gasteiger partial charge in [0, 0.05) is 12.8 Å². The van der Waals surface area contributed by atoms with Crippen LogP contribution in [-0.4, -0.2) is 35.6 Å². The lowest BCUT2D eigenvalue weighted by atomic mass is 10.1. The summed E-state index contributed by atoms with van der Waals surface area (Å²) >= 11 is 0. The van der Waals surface area contributed by atoms with Crippen molar-refractivity contribution in [3.8, 4) is 0 Å². The van der Waals surface area contributed by atoms with Crippen molar-refractivity contribution in [2.75, 3.05) is 6.54 Å². The Kier molecular flexibility index (Phi) is 8.77. The molecule has 5 N–H and O–H groups in total. The highest BCUT2D eigenvalue weighted by atomic mass is 16.6. The van der Waals surface area contributed by atoms with Crippen LogP contribution in [0.4, 0.5) is 0 Å². The first-order chi connectivity index (χ1) is 8.47. The fourth-order valence-corrected chi connectivity index (χ4v) is 1.25. The molecule has 18 heavy (non-hydrogen) atoms. The predicted octanol–water partition coefficient (Wildman–Crippen LogP) is -0.233. The van der Waals surface area contributed by atoms with Gasteiger partial charge in [-0.25, -0.2) is 4.79 Å². The summed E-state index contributed by atoms with van der Waals surface area (Å²) in [6, 6.07) is -0.833. The average Bonchev–Trinajstić information content (AvgIpc) is 2.28. The van der Waals surface area contributed by atoms with Crippen molar-refractivity contribution in [1.82, 2.24) is 0 Å². The molecule has 0 aromatic carbocycles. The molecule has 7 heteroatoms. The van der Waals surface area contributed by atoms with E-state index < -0.39 is 23.9 Å².